The number of nitrogens with one attached hydrogen (secondary N) is 1. The molecule has 2 aromatic rings. The van der Waals surface area contributed by atoms with Gasteiger partial charge in [0.15, 0.2) is 0 Å². The number of anilines is 1. The van der Waals surface area contributed by atoms with Crippen molar-refractivity contribution in [2.45, 2.75) is 13.8 Å². The molecule has 94 valence electrons. The number of aryl methyl sites for hydroxylation is 1. The van der Waals surface area contributed by atoms with Gasteiger partial charge in [-0.3, -0.25) is 4.98 Å². The molecule has 0 saturated heterocycles. The second-order valence-electron chi connectivity index (χ2n) is 4.56. The standard InChI is InChI=1S/C14H13N5/c1-9-7-17-14-12(6-15)10(2)18-19(14)13(9)11-4-3-5-16-8-11/h3-5,8,17H,7H2,1-2H3. The van der Waals surface area contributed by atoms with Crippen LogP contribution in [0.2, 0.25) is 0 Å². The highest BCUT2D eigenvalue weighted by Crippen LogP contribution is 2.31. The summed E-state index contributed by atoms with van der Waals surface area (Å²) < 4.78 is 1.81. The van der Waals surface area contributed by atoms with Gasteiger partial charge in [0.1, 0.15) is 17.5 Å². The number of rotatable bonds is 1. The van der Waals surface area contributed by atoms with Crippen molar-refractivity contribution in [1.29, 1.82) is 5.26 Å². The van der Waals surface area contributed by atoms with Gasteiger partial charge in [0.05, 0.1) is 11.4 Å². The normalized spacial score (nSPS) is 13.7. The molecule has 0 amide bonds. The van der Waals surface area contributed by atoms with E-state index in [9.17, 15) is 5.26 Å². The molecule has 1 N–H and O–H groups in total. The van der Waals surface area contributed by atoms with Crippen molar-refractivity contribution in [3.05, 3.63) is 46.9 Å². The van der Waals surface area contributed by atoms with Gasteiger partial charge in [0, 0.05) is 24.5 Å². The smallest absolute Gasteiger partial charge is 0.148 e. The van der Waals surface area contributed by atoms with Gasteiger partial charge >= 0.3 is 0 Å². The minimum absolute atomic E-state index is 0.605. The van der Waals surface area contributed by atoms with Crippen LogP contribution in [0.25, 0.3) is 5.70 Å². The molecular formula is C14H13N5. The van der Waals surface area contributed by atoms with E-state index in [-0.39, 0.29) is 0 Å². The average Bonchev–Trinajstić information content (AvgIpc) is 2.74. The van der Waals surface area contributed by atoms with Gasteiger partial charge in [-0.1, -0.05) is 0 Å². The molecule has 2 aromatic heterocycles. The molecule has 3 rings (SSSR count). The Morgan fingerprint density at radius 2 is 2.26 bits per heavy atom. The quantitative estimate of drug-likeness (QED) is 0.843. The van der Waals surface area contributed by atoms with E-state index >= 15 is 0 Å². The lowest BCUT2D eigenvalue weighted by atomic mass is 10.1. The Bertz CT molecular complexity index is 703. The summed E-state index contributed by atoms with van der Waals surface area (Å²) in [7, 11) is 0. The van der Waals surface area contributed by atoms with Crippen molar-refractivity contribution in [3.63, 3.8) is 0 Å². The highest BCUT2D eigenvalue weighted by molar-refractivity contribution is 5.76. The summed E-state index contributed by atoms with van der Waals surface area (Å²) in [6.45, 7) is 4.62. The molecule has 5 nitrogen and oxygen atoms in total. The number of fused-ring (bicyclic) bond motifs is 1. The second kappa shape index (κ2) is 4.25. The molecule has 1 aliphatic rings. The summed E-state index contributed by atoms with van der Waals surface area (Å²) in [5.41, 5.74) is 4.53. The van der Waals surface area contributed by atoms with E-state index in [0.717, 1.165) is 22.8 Å². The van der Waals surface area contributed by atoms with Gasteiger partial charge in [-0.2, -0.15) is 10.4 Å². The van der Waals surface area contributed by atoms with Crippen molar-refractivity contribution in [1.82, 2.24) is 14.8 Å². The monoisotopic (exact) mass is 251 g/mol. The Labute approximate surface area is 111 Å². The summed E-state index contributed by atoms with van der Waals surface area (Å²) >= 11 is 0. The largest absolute Gasteiger partial charge is 0.365 e. The first-order valence-electron chi connectivity index (χ1n) is 6.06. The third kappa shape index (κ3) is 1.69. The lowest BCUT2D eigenvalue weighted by Crippen LogP contribution is -2.19. The minimum Gasteiger partial charge on any atom is -0.365 e. The Morgan fingerprint density at radius 3 is 2.95 bits per heavy atom. The van der Waals surface area contributed by atoms with Crippen LogP contribution in [-0.4, -0.2) is 21.3 Å². The van der Waals surface area contributed by atoms with E-state index in [4.69, 9.17) is 0 Å². The van der Waals surface area contributed by atoms with Crippen LogP contribution >= 0.6 is 0 Å². The van der Waals surface area contributed by atoms with Crippen LogP contribution in [-0.2, 0) is 0 Å². The summed E-state index contributed by atoms with van der Waals surface area (Å²) in [6.07, 6.45) is 3.56. The van der Waals surface area contributed by atoms with Gasteiger partial charge < -0.3 is 5.32 Å². The molecule has 19 heavy (non-hydrogen) atoms. The first kappa shape index (κ1) is 11.5. The zero-order valence-corrected chi connectivity index (χ0v) is 10.8. The first-order chi connectivity index (χ1) is 9.22. The van der Waals surface area contributed by atoms with Crippen LogP contribution in [0.15, 0.2) is 30.1 Å². The van der Waals surface area contributed by atoms with Gasteiger partial charge in [0.2, 0.25) is 0 Å². The van der Waals surface area contributed by atoms with Gasteiger partial charge in [-0.05, 0) is 31.6 Å². The van der Waals surface area contributed by atoms with Crippen LogP contribution in [0.4, 0.5) is 5.82 Å². The Hall–Kier alpha value is -2.61. The fourth-order valence-electron chi connectivity index (χ4n) is 2.34. The number of nitriles is 1. The zero-order valence-electron chi connectivity index (χ0n) is 10.8. The second-order valence-corrected chi connectivity index (χ2v) is 4.56. The van der Waals surface area contributed by atoms with Crippen LogP contribution in [0.5, 0.6) is 0 Å². The first-order valence-corrected chi connectivity index (χ1v) is 6.06. The van der Waals surface area contributed by atoms with Gasteiger partial charge in [-0.25, -0.2) is 4.68 Å². The van der Waals surface area contributed by atoms with Crippen LogP contribution in [0.1, 0.15) is 23.7 Å². The van der Waals surface area contributed by atoms with Crippen LogP contribution < -0.4 is 5.32 Å². The topological polar surface area (TPSA) is 66.5 Å². The maximum atomic E-state index is 9.21. The Kier molecular flexibility index (Phi) is 2.57. The summed E-state index contributed by atoms with van der Waals surface area (Å²) in [5, 5.41) is 16.9. The molecule has 0 atom stereocenters. The maximum absolute atomic E-state index is 9.21. The molecule has 1 aliphatic heterocycles. The molecule has 3 heterocycles. The molecule has 0 spiro atoms. The highest BCUT2D eigenvalue weighted by atomic mass is 15.4. The fraction of sp³-hybridized carbons (Fsp3) is 0.214. The molecule has 0 bridgehead atoms. The van der Waals surface area contributed by atoms with E-state index in [2.05, 4.69) is 28.4 Å². The molecule has 0 aromatic carbocycles. The lowest BCUT2D eigenvalue weighted by Gasteiger charge is -2.21. The predicted octanol–water partition coefficient (Wildman–Crippen LogP) is 2.16. The van der Waals surface area contributed by atoms with E-state index in [1.165, 1.54) is 5.57 Å². The summed E-state index contributed by atoms with van der Waals surface area (Å²) in [4.78, 5) is 4.16. The van der Waals surface area contributed by atoms with Crippen LogP contribution in [0, 0.1) is 18.3 Å². The fourth-order valence-corrected chi connectivity index (χ4v) is 2.34. The SMILES string of the molecule is CC1=C(c2cccnc2)n2nc(C)c(C#N)c2NC1. The Morgan fingerprint density at radius 1 is 1.42 bits per heavy atom. The van der Waals surface area contributed by atoms with Crippen molar-refractivity contribution in [3.8, 4) is 6.07 Å². The van der Waals surface area contributed by atoms with E-state index in [1.54, 1.807) is 6.20 Å². The maximum Gasteiger partial charge on any atom is 0.148 e. The molecule has 0 radical (unpaired) electrons. The minimum atomic E-state index is 0.605. The predicted molar refractivity (Wildman–Crippen MR) is 72.4 cm³/mol. The lowest BCUT2D eigenvalue weighted by molar-refractivity contribution is 0.853. The van der Waals surface area contributed by atoms with Crippen molar-refractivity contribution < 1.29 is 0 Å². The van der Waals surface area contributed by atoms with Gasteiger partial charge in [-0.15, -0.1) is 0 Å². The molecule has 0 unspecified atom stereocenters. The number of nitrogens with zero attached hydrogens (tertiary/aromatic N) is 4. The average molecular weight is 251 g/mol. The summed E-state index contributed by atoms with van der Waals surface area (Å²) in [6, 6.07) is 6.11. The molecule has 0 aliphatic carbocycles. The molecular weight excluding hydrogens is 238 g/mol. The van der Waals surface area contributed by atoms with Crippen LogP contribution in [0.3, 0.4) is 0 Å². The number of hydrogen-bond acceptors (Lipinski definition) is 4. The Balaban J connectivity index is 2.25. The number of hydrogen-bond donors (Lipinski definition) is 1. The van der Waals surface area contributed by atoms with Crippen molar-refractivity contribution >= 4 is 11.5 Å². The van der Waals surface area contributed by atoms with Crippen molar-refractivity contribution in [2.75, 3.05) is 11.9 Å². The van der Waals surface area contributed by atoms with Gasteiger partial charge in [0.25, 0.3) is 0 Å². The summed E-state index contributed by atoms with van der Waals surface area (Å²) in [5.74, 6) is 0.768. The van der Waals surface area contributed by atoms with E-state index < -0.39 is 0 Å². The number of pyridine rings is 1. The van der Waals surface area contributed by atoms with E-state index in [1.807, 2.05) is 29.9 Å². The molecule has 5 heteroatoms. The van der Waals surface area contributed by atoms with E-state index in [0.29, 0.717) is 12.1 Å². The molecule has 0 saturated carbocycles. The highest BCUT2D eigenvalue weighted by Gasteiger charge is 2.23. The third-order valence-corrected chi connectivity index (χ3v) is 3.24. The third-order valence-electron chi connectivity index (χ3n) is 3.24. The zero-order chi connectivity index (χ0) is 13.4. The molecule has 0 fully saturated rings. The number of aromatic nitrogens is 3. The van der Waals surface area contributed by atoms with Crippen molar-refractivity contribution in [2.24, 2.45) is 0 Å².